The molecule has 1 atom stereocenters. The summed E-state index contributed by atoms with van der Waals surface area (Å²) in [4.78, 5) is 15.7. The molecule has 0 N–H and O–H groups in total. The molecule has 2 aromatic rings. The fourth-order valence-corrected chi connectivity index (χ4v) is 2.97. The molecule has 0 fully saturated rings. The molecular weight excluding hydrogens is 352 g/mol. The van der Waals surface area contributed by atoms with Gasteiger partial charge in [-0.3, -0.25) is 0 Å². The molecule has 0 radical (unpaired) electrons. The molecule has 0 saturated heterocycles. The smallest absolute Gasteiger partial charge is 0.366 e. The number of aliphatic imine (C=N–C) groups is 1. The molecule has 8 heteroatoms. The Morgan fingerprint density at radius 1 is 1.11 bits per heavy atom. The predicted molar refractivity (Wildman–Crippen MR) is 98.9 cm³/mol. The third kappa shape index (κ3) is 3.79. The summed E-state index contributed by atoms with van der Waals surface area (Å²) >= 11 is 0. The van der Waals surface area contributed by atoms with Gasteiger partial charge in [-0.05, 0) is 41.3 Å². The molecule has 27 heavy (non-hydrogen) atoms. The van der Waals surface area contributed by atoms with Crippen LogP contribution in [0.1, 0.15) is 23.6 Å². The largest absolute Gasteiger partial charge is 0.497 e. The fraction of sp³-hybridized carbons (Fsp3) is 0.316. The maximum absolute atomic E-state index is 11.7. The lowest BCUT2D eigenvalue weighted by molar-refractivity contribution is -0.349. The standard InChI is InChI=1S/C19H20N2O6/c1-24-13-5-7-16-14(11-13)15(8-9-27-16)20-19(21(22)23)12-4-6-17(25-2)18(10-12)26-3/h4-7,10-11,15H,8-9H2,1-3H3. The molecule has 0 aliphatic carbocycles. The van der Waals surface area contributed by atoms with Gasteiger partial charge in [0.05, 0.1) is 33.5 Å². The fourth-order valence-electron chi connectivity index (χ4n) is 2.97. The van der Waals surface area contributed by atoms with Gasteiger partial charge in [0.2, 0.25) is 0 Å². The zero-order chi connectivity index (χ0) is 19.4. The number of fused-ring (bicyclic) bond motifs is 1. The van der Waals surface area contributed by atoms with E-state index >= 15 is 0 Å². The summed E-state index contributed by atoms with van der Waals surface area (Å²) in [5, 5.41) is 11.7. The second-order valence-electron chi connectivity index (χ2n) is 5.84. The van der Waals surface area contributed by atoms with Gasteiger partial charge in [0, 0.05) is 12.0 Å². The van der Waals surface area contributed by atoms with E-state index in [9.17, 15) is 10.1 Å². The monoisotopic (exact) mass is 372 g/mol. The van der Waals surface area contributed by atoms with E-state index in [4.69, 9.17) is 18.9 Å². The lowest BCUT2D eigenvalue weighted by Gasteiger charge is -2.20. The van der Waals surface area contributed by atoms with Crippen LogP contribution in [0.25, 0.3) is 0 Å². The van der Waals surface area contributed by atoms with Gasteiger partial charge in [0.1, 0.15) is 11.5 Å². The van der Waals surface area contributed by atoms with Crippen LogP contribution in [0.15, 0.2) is 41.4 Å². The number of nitro groups is 1. The van der Waals surface area contributed by atoms with Crippen LogP contribution >= 0.6 is 0 Å². The van der Waals surface area contributed by atoms with Gasteiger partial charge >= 0.3 is 5.84 Å². The molecule has 1 aliphatic rings. The van der Waals surface area contributed by atoms with Gasteiger partial charge in [-0.15, -0.1) is 0 Å². The second-order valence-corrected chi connectivity index (χ2v) is 5.84. The molecular formula is C19H20N2O6. The van der Waals surface area contributed by atoms with Gasteiger partial charge in [0.15, 0.2) is 17.5 Å². The second kappa shape index (κ2) is 7.94. The predicted octanol–water partition coefficient (Wildman–Crippen LogP) is 3.26. The Bertz CT molecular complexity index is 880. The summed E-state index contributed by atoms with van der Waals surface area (Å²) in [5.74, 6) is 1.96. The molecule has 1 aliphatic heterocycles. The number of ether oxygens (including phenoxy) is 4. The first-order valence-corrected chi connectivity index (χ1v) is 8.32. The van der Waals surface area contributed by atoms with Crippen LogP contribution in [0.2, 0.25) is 0 Å². The highest BCUT2D eigenvalue weighted by Crippen LogP contribution is 2.37. The van der Waals surface area contributed by atoms with E-state index in [2.05, 4.69) is 4.99 Å². The molecule has 1 heterocycles. The van der Waals surface area contributed by atoms with E-state index in [1.165, 1.54) is 14.2 Å². The van der Waals surface area contributed by atoms with E-state index < -0.39 is 11.0 Å². The maximum atomic E-state index is 11.7. The summed E-state index contributed by atoms with van der Waals surface area (Å²) in [5.41, 5.74) is 1.11. The lowest BCUT2D eigenvalue weighted by Crippen LogP contribution is -2.19. The van der Waals surface area contributed by atoms with Crippen LogP contribution in [0.4, 0.5) is 0 Å². The van der Waals surface area contributed by atoms with Crippen LogP contribution in [-0.2, 0) is 0 Å². The number of hydrogen-bond donors (Lipinski definition) is 0. The Labute approximate surface area is 156 Å². The van der Waals surface area contributed by atoms with Crippen molar-refractivity contribution in [1.29, 1.82) is 0 Å². The van der Waals surface area contributed by atoms with Crippen molar-refractivity contribution in [2.24, 2.45) is 4.99 Å². The summed E-state index contributed by atoms with van der Waals surface area (Å²) in [6.45, 7) is 0.435. The topological polar surface area (TPSA) is 92.4 Å². The molecule has 0 aromatic heterocycles. The van der Waals surface area contributed by atoms with Crippen LogP contribution in [0.5, 0.6) is 23.0 Å². The van der Waals surface area contributed by atoms with Crippen molar-refractivity contribution in [2.75, 3.05) is 27.9 Å². The molecule has 2 aromatic carbocycles. The molecule has 0 spiro atoms. The summed E-state index contributed by atoms with van der Waals surface area (Å²) in [7, 11) is 4.55. The van der Waals surface area contributed by atoms with Crippen molar-refractivity contribution in [3.8, 4) is 23.0 Å². The van der Waals surface area contributed by atoms with Crippen LogP contribution in [0, 0.1) is 10.1 Å². The highest BCUT2D eigenvalue weighted by atomic mass is 16.6. The molecule has 0 bridgehead atoms. The molecule has 8 nitrogen and oxygen atoms in total. The first-order chi connectivity index (χ1) is 13.1. The van der Waals surface area contributed by atoms with Crippen molar-refractivity contribution >= 4 is 5.84 Å². The number of amidine groups is 1. The number of benzene rings is 2. The van der Waals surface area contributed by atoms with Gasteiger partial charge in [-0.25, -0.2) is 0 Å². The normalized spacial score (nSPS) is 16.1. The number of nitrogens with zero attached hydrogens (tertiary/aromatic N) is 2. The summed E-state index contributed by atoms with van der Waals surface area (Å²) in [6.07, 6.45) is 0.533. The Kier molecular flexibility index (Phi) is 5.44. The SMILES string of the molecule is COc1ccc2c(c1)C(N=C(c1ccc(OC)c(OC)c1)[N+](=O)[O-])CCO2. The van der Waals surface area contributed by atoms with E-state index in [0.717, 1.165) is 5.56 Å². The quantitative estimate of drug-likeness (QED) is 0.346. The van der Waals surface area contributed by atoms with Crippen LogP contribution < -0.4 is 18.9 Å². The summed E-state index contributed by atoms with van der Waals surface area (Å²) < 4.78 is 21.3. The van der Waals surface area contributed by atoms with Crippen molar-refractivity contribution in [3.05, 3.63) is 57.6 Å². The van der Waals surface area contributed by atoms with Crippen molar-refractivity contribution in [1.82, 2.24) is 0 Å². The van der Waals surface area contributed by atoms with E-state index in [-0.39, 0.29) is 5.84 Å². The Hall–Kier alpha value is -3.29. The van der Waals surface area contributed by atoms with Crippen LogP contribution in [0.3, 0.4) is 0 Å². The number of rotatable bonds is 5. The number of hydrogen-bond acceptors (Lipinski definition) is 7. The van der Waals surface area contributed by atoms with Gasteiger partial charge in [0.25, 0.3) is 0 Å². The van der Waals surface area contributed by atoms with E-state index in [0.29, 0.717) is 41.6 Å². The van der Waals surface area contributed by atoms with Crippen molar-refractivity contribution in [3.63, 3.8) is 0 Å². The zero-order valence-electron chi connectivity index (χ0n) is 15.3. The molecule has 142 valence electrons. The molecule has 0 amide bonds. The molecule has 1 unspecified atom stereocenters. The molecule has 0 saturated carbocycles. The minimum absolute atomic E-state index is 0.239. The first-order valence-electron chi connectivity index (χ1n) is 8.32. The van der Waals surface area contributed by atoms with Crippen molar-refractivity contribution in [2.45, 2.75) is 12.5 Å². The minimum Gasteiger partial charge on any atom is -0.497 e. The number of methoxy groups -OCH3 is 3. The van der Waals surface area contributed by atoms with Crippen LogP contribution in [-0.4, -0.2) is 38.7 Å². The Morgan fingerprint density at radius 2 is 1.89 bits per heavy atom. The van der Waals surface area contributed by atoms with Gasteiger partial charge < -0.3 is 29.1 Å². The van der Waals surface area contributed by atoms with Crippen molar-refractivity contribution < 1.29 is 23.9 Å². The van der Waals surface area contributed by atoms with Gasteiger partial charge in [-0.2, -0.15) is 0 Å². The Morgan fingerprint density at radius 3 is 2.56 bits per heavy atom. The third-order valence-electron chi connectivity index (χ3n) is 4.32. The lowest BCUT2D eigenvalue weighted by atomic mass is 10.0. The highest BCUT2D eigenvalue weighted by molar-refractivity contribution is 5.93. The minimum atomic E-state index is -0.490. The average Bonchev–Trinajstić information content (AvgIpc) is 2.70. The molecule has 3 rings (SSSR count). The van der Waals surface area contributed by atoms with E-state index in [1.807, 2.05) is 0 Å². The zero-order valence-corrected chi connectivity index (χ0v) is 15.3. The van der Waals surface area contributed by atoms with E-state index in [1.54, 1.807) is 43.5 Å². The Balaban J connectivity index is 2.05. The maximum Gasteiger partial charge on any atom is 0.366 e. The first kappa shape index (κ1) is 18.5. The third-order valence-corrected chi connectivity index (χ3v) is 4.32. The summed E-state index contributed by atoms with van der Waals surface area (Å²) in [6, 6.07) is 9.73. The average molecular weight is 372 g/mol. The van der Waals surface area contributed by atoms with Gasteiger partial charge in [-0.1, -0.05) is 4.99 Å². The highest BCUT2D eigenvalue weighted by Gasteiger charge is 2.29.